The molecule has 8 heteroatoms. The number of aromatic nitrogens is 4. The van der Waals surface area contributed by atoms with Gasteiger partial charge in [0.15, 0.2) is 0 Å². The fourth-order valence-corrected chi connectivity index (χ4v) is 1.86. The largest absolute Gasteiger partial charge is 0.271 e. The average Bonchev–Trinajstić information content (AvgIpc) is 3.09. The summed E-state index contributed by atoms with van der Waals surface area (Å²) in [5.41, 5.74) is 4.10. The number of nitrogens with zero attached hydrogens (tertiary/aromatic N) is 5. The topological polar surface area (TPSA) is 85.1 Å². The number of hydrogen-bond donors (Lipinski definition) is 1. The van der Waals surface area contributed by atoms with Crippen molar-refractivity contribution in [3.63, 3.8) is 0 Å². The quantitative estimate of drug-likeness (QED) is 0.585. The number of hydrogen-bond acceptors (Lipinski definition) is 5. The number of benzene rings is 2. The molecule has 2 aromatic carbocycles. The number of nitrogens with one attached hydrogen (secondary N) is 1. The van der Waals surface area contributed by atoms with Gasteiger partial charge in [-0.25, -0.2) is 14.5 Å². The molecule has 0 radical (unpaired) electrons. The van der Waals surface area contributed by atoms with Crippen molar-refractivity contribution in [2.45, 2.75) is 0 Å². The fourth-order valence-electron chi connectivity index (χ4n) is 1.86. The molecule has 0 aliphatic heterocycles. The van der Waals surface area contributed by atoms with E-state index in [0.717, 1.165) is 5.69 Å². The van der Waals surface area contributed by atoms with Crippen molar-refractivity contribution in [3.05, 3.63) is 71.8 Å². The molecule has 3 aromatic rings. The summed E-state index contributed by atoms with van der Waals surface area (Å²) in [7, 11) is 0. The molecule has 7 nitrogen and oxygen atoms in total. The Morgan fingerprint density at radius 2 is 2.04 bits per heavy atom. The molecule has 1 amide bonds. The van der Waals surface area contributed by atoms with Crippen molar-refractivity contribution >= 4 is 12.1 Å². The normalized spacial score (nSPS) is 10.8. The Labute approximate surface area is 130 Å². The summed E-state index contributed by atoms with van der Waals surface area (Å²) in [5.74, 6) is -0.737. The minimum Gasteiger partial charge on any atom is -0.267 e. The molecule has 3 rings (SSSR count). The van der Waals surface area contributed by atoms with Gasteiger partial charge in [-0.15, -0.1) is 5.10 Å². The van der Waals surface area contributed by atoms with Gasteiger partial charge in [-0.3, -0.25) is 4.79 Å². The third-order valence-electron chi connectivity index (χ3n) is 2.97. The molecule has 23 heavy (non-hydrogen) atoms. The molecule has 1 N–H and O–H groups in total. The zero-order chi connectivity index (χ0) is 16.1. The van der Waals surface area contributed by atoms with Crippen molar-refractivity contribution in [2.75, 3.05) is 0 Å². The van der Waals surface area contributed by atoms with Gasteiger partial charge >= 0.3 is 0 Å². The molecule has 0 bridgehead atoms. The second-order valence-corrected chi connectivity index (χ2v) is 4.56. The number of halogens is 1. The van der Waals surface area contributed by atoms with E-state index in [1.807, 2.05) is 0 Å². The maximum Gasteiger partial charge on any atom is 0.271 e. The number of amides is 1. The molecule has 0 saturated heterocycles. The first-order valence-electron chi connectivity index (χ1n) is 6.65. The molecular weight excluding hydrogens is 299 g/mol. The van der Waals surface area contributed by atoms with Gasteiger partial charge in [-0.05, 0) is 52.4 Å². The Bertz CT molecular complexity index is 829. The smallest absolute Gasteiger partial charge is 0.267 e. The van der Waals surface area contributed by atoms with Crippen molar-refractivity contribution < 1.29 is 9.18 Å². The molecule has 0 unspecified atom stereocenters. The standard InChI is InChI=1S/C15H11FN6O/c16-13-3-1-2-11(8-13)9-17-19-15(23)12-4-6-14(7-5-12)22-10-18-20-21-22/h1-10H,(H,19,23)/b17-9+. The number of rotatable bonds is 4. The lowest BCUT2D eigenvalue weighted by molar-refractivity contribution is 0.0955. The molecule has 0 saturated carbocycles. The third kappa shape index (κ3) is 3.62. The van der Waals surface area contributed by atoms with Crippen molar-refractivity contribution in [2.24, 2.45) is 5.10 Å². The van der Waals surface area contributed by atoms with Crippen LogP contribution in [-0.2, 0) is 0 Å². The molecular formula is C15H11FN6O. The van der Waals surface area contributed by atoms with E-state index in [2.05, 4.69) is 26.1 Å². The number of tetrazole rings is 1. The molecule has 1 aromatic heterocycles. The molecule has 1 heterocycles. The first-order valence-corrected chi connectivity index (χ1v) is 6.65. The minimum atomic E-state index is -0.374. The van der Waals surface area contributed by atoms with Gasteiger partial charge in [0.05, 0.1) is 11.9 Å². The predicted molar refractivity (Wildman–Crippen MR) is 80.6 cm³/mol. The molecule has 0 spiro atoms. The van der Waals surface area contributed by atoms with E-state index < -0.39 is 0 Å². The Morgan fingerprint density at radius 3 is 2.74 bits per heavy atom. The van der Waals surface area contributed by atoms with Gasteiger partial charge < -0.3 is 0 Å². The van der Waals surface area contributed by atoms with Gasteiger partial charge in [0.2, 0.25) is 0 Å². The Kier molecular flexibility index (Phi) is 4.14. The van der Waals surface area contributed by atoms with E-state index in [4.69, 9.17) is 0 Å². The number of carbonyl (C=O) groups excluding carboxylic acids is 1. The minimum absolute atomic E-state index is 0.363. The molecule has 0 atom stereocenters. The highest BCUT2D eigenvalue weighted by Gasteiger charge is 2.05. The number of carbonyl (C=O) groups is 1. The van der Waals surface area contributed by atoms with E-state index in [1.165, 1.54) is 29.4 Å². The molecule has 0 aliphatic rings. The second-order valence-electron chi connectivity index (χ2n) is 4.56. The zero-order valence-corrected chi connectivity index (χ0v) is 11.8. The highest BCUT2D eigenvalue weighted by atomic mass is 19.1. The lowest BCUT2D eigenvalue weighted by Gasteiger charge is -2.02. The summed E-state index contributed by atoms with van der Waals surface area (Å²) in [4.78, 5) is 12.0. The fraction of sp³-hybridized carbons (Fsp3) is 0. The van der Waals surface area contributed by atoms with Gasteiger partial charge in [0, 0.05) is 5.56 Å². The SMILES string of the molecule is O=C(N/N=C/c1cccc(F)c1)c1ccc(-n2cnnn2)cc1. The van der Waals surface area contributed by atoms with Crippen LogP contribution in [0.15, 0.2) is 60.0 Å². The molecule has 0 fully saturated rings. The first kappa shape index (κ1) is 14.5. The van der Waals surface area contributed by atoms with Crippen LogP contribution >= 0.6 is 0 Å². The summed E-state index contributed by atoms with van der Waals surface area (Å²) in [5, 5.41) is 14.6. The summed E-state index contributed by atoms with van der Waals surface area (Å²) in [6.07, 6.45) is 2.83. The lowest BCUT2D eigenvalue weighted by Crippen LogP contribution is -2.17. The summed E-state index contributed by atoms with van der Waals surface area (Å²) >= 11 is 0. The van der Waals surface area contributed by atoms with Crippen LogP contribution in [0.5, 0.6) is 0 Å². The molecule has 0 aliphatic carbocycles. The van der Waals surface area contributed by atoms with Crippen LogP contribution in [0, 0.1) is 5.82 Å². The van der Waals surface area contributed by atoms with Gasteiger partial charge in [-0.2, -0.15) is 5.10 Å². The Balaban J connectivity index is 1.64. The highest BCUT2D eigenvalue weighted by Crippen LogP contribution is 2.07. The van der Waals surface area contributed by atoms with E-state index in [-0.39, 0.29) is 11.7 Å². The summed E-state index contributed by atoms with van der Waals surface area (Å²) in [6.45, 7) is 0. The average molecular weight is 310 g/mol. The van der Waals surface area contributed by atoms with Crippen LogP contribution in [0.3, 0.4) is 0 Å². The van der Waals surface area contributed by atoms with Gasteiger partial charge in [0.1, 0.15) is 12.1 Å². The van der Waals surface area contributed by atoms with E-state index >= 15 is 0 Å². The van der Waals surface area contributed by atoms with E-state index in [1.54, 1.807) is 36.4 Å². The van der Waals surface area contributed by atoms with Crippen molar-refractivity contribution in [1.29, 1.82) is 0 Å². The van der Waals surface area contributed by atoms with Gasteiger partial charge in [0.25, 0.3) is 5.91 Å². The Morgan fingerprint density at radius 1 is 1.22 bits per heavy atom. The monoisotopic (exact) mass is 310 g/mol. The maximum absolute atomic E-state index is 13.0. The van der Waals surface area contributed by atoms with Crippen LogP contribution in [-0.4, -0.2) is 32.3 Å². The summed E-state index contributed by atoms with van der Waals surface area (Å²) in [6, 6.07) is 12.6. The van der Waals surface area contributed by atoms with Crippen LogP contribution in [0.4, 0.5) is 4.39 Å². The number of hydrazone groups is 1. The van der Waals surface area contributed by atoms with Crippen molar-refractivity contribution in [3.8, 4) is 5.69 Å². The predicted octanol–water partition coefficient (Wildman–Crippen LogP) is 1.57. The van der Waals surface area contributed by atoms with Crippen LogP contribution in [0.1, 0.15) is 15.9 Å². The second kappa shape index (κ2) is 6.56. The zero-order valence-electron chi connectivity index (χ0n) is 11.8. The van der Waals surface area contributed by atoms with Crippen molar-refractivity contribution in [1.82, 2.24) is 25.6 Å². The third-order valence-corrected chi connectivity index (χ3v) is 2.97. The lowest BCUT2D eigenvalue weighted by atomic mass is 10.2. The highest BCUT2D eigenvalue weighted by molar-refractivity contribution is 5.95. The summed E-state index contributed by atoms with van der Waals surface area (Å²) < 4.78 is 14.5. The first-order chi connectivity index (χ1) is 11.2. The maximum atomic E-state index is 13.0. The van der Waals surface area contributed by atoms with E-state index in [9.17, 15) is 9.18 Å². The van der Waals surface area contributed by atoms with Crippen LogP contribution < -0.4 is 5.43 Å². The van der Waals surface area contributed by atoms with Gasteiger partial charge in [-0.1, -0.05) is 12.1 Å². The Hall–Kier alpha value is -3.42. The molecule has 114 valence electrons. The van der Waals surface area contributed by atoms with Crippen LogP contribution in [0.2, 0.25) is 0 Å². The van der Waals surface area contributed by atoms with Crippen LogP contribution in [0.25, 0.3) is 5.69 Å². The van der Waals surface area contributed by atoms with E-state index in [0.29, 0.717) is 11.1 Å².